The highest BCUT2D eigenvalue weighted by atomic mass is 28.3. The summed E-state index contributed by atoms with van der Waals surface area (Å²) in [5.41, 5.74) is 2.33. The molecule has 0 aromatic heterocycles. The lowest BCUT2D eigenvalue weighted by Gasteiger charge is -2.26. The zero-order valence-electron chi connectivity index (χ0n) is 10.6. The van der Waals surface area contributed by atoms with Gasteiger partial charge in [-0.1, -0.05) is 32.0 Å². The first-order chi connectivity index (χ1) is 7.26. The molecule has 15 heavy (non-hydrogen) atoms. The molecule has 0 unspecified atom stereocenters. The van der Waals surface area contributed by atoms with Crippen LogP contribution >= 0.6 is 0 Å². The van der Waals surface area contributed by atoms with Crippen LogP contribution < -0.4 is 0 Å². The fourth-order valence-corrected chi connectivity index (χ4v) is 5.51. The predicted octanol–water partition coefficient (Wildman–Crippen LogP) is 3.69. The summed E-state index contributed by atoms with van der Waals surface area (Å²) in [5.74, 6) is 0. The van der Waals surface area contributed by atoms with E-state index in [1.165, 1.54) is 57.0 Å². The van der Waals surface area contributed by atoms with E-state index in [2.05, 4.69) is 31.0 Å². The van der Waals surface area contributed by atoms with Crippen LogP contribution in [-0.2, 0) is 0 Å². The van der Waals surface area contributed by atoms with Crippen LogP contribution in [-0.4, -0.2) is 32.6 Å². The van der Waals surface area contributed by atoms with Crippen LogP contribution in [0.5, 0.6) is 0 Å². The molecule has 0 saturated carbocycles. The predicted molar refractivity (Wildman–Crippen MR) is 72.0 cm³/mol. The molecule has 1 heterocycles. The lowest BCUT2D eigenvalue weighted by molar-refractivity contribution is 0.339. The monoisotopic (exact) mass is 225 g/mol. The second kappa shape index (κ2) is 6.49. The van der Waals surface area contributed by atoms with Crippen molar-refractivity contribution in [3.63, 3.8) is 0 Å². The molecule has 0 spiro atoms. The second-order valence-corrected chi connectivity index (χ2v) is 9.97. The van der Waals surface area contributed by atoms with Crippen LogP contribution in [0, 0.1) is 0 Å². The molecule has 1 aliphatic heterocycles. The highest BCUT2D eigenvalue weighted by Crippen LogP contribution is 2.23. The van der Waals surface area contributed by atoms with Crippen LogP contribution in [0.25, 0.3) is 0 Å². The minimum Gasteiger partial charge on any atom is -0.303 e. The molecule has 1 aliphatic rings. The Kier molecular flexibility index (Phi) is 5.62. The molecule has 1 fully saturated rings. The van der Waals surface area contributed by atoms with E-state index in [1.807, 2.05) is 0 Å². The average molecular weight is 225 g/mol. The Morgan fingerprint density at radius 1 is 1.20 bits per heavy atom. The topological polar surface area (TPSA) is 3.24 Å². The van der Waals surface area contributed by atoms with E-state index in [9.17, 15) is 0 Å². The third kappa shape index (κ3) is 3.76. The normalized spacial score (nSPS) is 18.3. The maximum absolute atomic E-state index is 4.07. The first-order valence-corrected chi connectivity index (χ1v) is 9.32. The minimum absolute atomic E-state index is 1.05. The second-order valence-electron chi connectivity index (χ2n) is 4.93. The summed E-state index contributed by atoms with van der Waals surface area (Å²) >= 11 is 0. The zero-order valence-corrected chi connectivity index (χ0v) is 11.6. The van der Waals surface area contributed by atoms with Crippen molar-refractivity contribution in [2.75, 3.05) is 19.6 Å². The average Bonchev–Trinajstić information content (AvgIpc) is 2.78. The van der Waals surface area contributed by atoms with Crippen molar-refractivity contribution >= 4 is 8.07 Å². The van der Waals surface area contributed by atoms with Crippen molar-refractivity contribution in [1.29, 1.82) is 0 Å². The van der Waals surface area contributed by atoms with Crippen molar-refractivity contribution < 1.29 is 0 Å². The van der Waals surface area contributed by atoms with Crippen LogP contribution in [0.3, 0.4) is 0 Å². The van der Waals surface area contributed by atoms with Gasteiger partial charge in [-0.15, -0.1) is 12.3 Å². The zero-order chi connectivity index (χ0) is 11.1. The van der Waals surface area contributed by atoms with E-state index in [-0.39, 0.29) is 0 Å². The third-order valence-electron chi connectivity index (χ3n) is 4.19. The van der Waals surface area contributed by atoms with Gasteiger partial charge in [0.1, 0.15) is 0 Å². The largest absolute Gasteiger partial charge is 0.303 e. The molecule has 0 N–H and O–H groups in total. The highest BCUT2D eigenvalue weighted by Gasteiger charge is 2.24. The molecule has 0 amide bonds. The SMILES string of the molecule is C=C[Si](CC)(CC)CCCN1CCCC1. The molecule has 0 radical (unpaired) electrons. The fraction of sp³-hybridized carbons (Fsp3) is 0.846. The molecule has 1 nitrogen and oxygen atoms in total. The van der Waals surface area contributed by atoms with E-state index in [0.717, 1.165) is 0 Å². The van der Waals surface area contributed by atoms with Crippen LogP contribution in [0.1, 0.15) is 33.1 Å². The molecular formula is C13H27NSi. The van der Waals surface area contributed by atoms with Crippen molar-refractivity contribution in [3.05, 3.63) is 12.3 Å². The van der Waals surface area contributed by atoms with Crippen molar-refractivity contribution in [1.82, 2.24) is 4.90 Å². The smallest absolute Gasteiger partial charge is 0.0765 e. The lowest BCUT2D eigenvalue weighted by atomic mass is 10.4. The van der Waals surface area contributed by atoms with Gasteiger partial charge in [0.2, 0.25) is 0 Å². The van der Waals surface area contributed by atoms with Gasteiger partial charge >= 0.3 is 0 Å². The Hall–Kier alpha value is -0.0831. The number of hydrogen-bond donors (Lipinski definition) is 0. The molecule has 1 saturated heterocycles. The van der Waals surface area contributed by atoms with E-state index in [4.69, 9.17) is 0 Å². The van der Waals surface area contributed by atoms with Gasteiger partial charge in [-0.25, -0.2) is 0 Å². The first kappa shape index (κ1) is 13.0. The van der Waals surface area contributed by atoms with Gasteiger partial charge < -0.3 is 4.90 Å². The number of hydrogen-bond acceptors (Lipinski definition) is 1. The molecule has 1 rings (SSSR count). The maximum atomic E-state index is 4.07. The summed E-state index contributed by atoms with van der Waals surface area (Å²) in [6.07, 6.45) is 4.25. The number of likely N-dealkylation sites (tertiary alicyclic amines) is 1. The maximum Gasteiger partial charge on any atom is 0.0765 e. The standard InChI is InChI=1S/C13H27NSi/c1-4-15(5-2,6-3)13-9-12-14-10-7-8-11-14/h4H,1,5-13H2,2-3H3. The molecule has 0 bridgehead atoms. The molecule has 0 atom stereocenters. The van der Waals surface area contributed by atoms with Gasteiger partial charge in [0.15, 0.2) is 0 Å². The Balaban J connectivity index is 2.24. The van der Waals surface area contributed by atoms with Crippen LogP contribution in [0.2, 0.25) is 18.1 Å². The molecular weight excluding hydrogens is 198 g/mol. The summed E-state index contributed by atoms with van der Waals surface area (Å²) in [6, 6.07) is 4.22. The summed E-state index contributed by atoms with van der Waals surface area (Å²) in [7, 11) is -1.05. The first-order valence-electron chi connectivity index (χ1n) is 6.62. The summed E-state index contributed by atoms with van der Waals surface area (Å²) in [4.78, 5) is 2.63. The van der Waals surface area contributed by atoms with Gasteiger partial charge in [-0.05, 0) is 38.9 Å². The summed E-state index contributed by atoms with van der Waals surface area (Å²) < 4.78 is 0. The Labute approximate surface area is 96.6 Å². The van der Waals surface area contributed by atoms with E-state index < -0.39 is 8.07 Å². The summed E-state index contributed by atoms with van der Waals surface area (Å²) in [5, 5.41) is 0. The molecule has 0 aromatic carbocycles. The number of nitrogens with zero attached hydrogens (tertiary/aromatic N) is 1. The Morgan fingerprint density at radius 2 is 1.80 bits per heavy atom. The highest BCUT2D eigenvalue weighted by molar-refractivity contribution is 6.84. The van der Waals surface area contributed by atoms with Crippen molar-refractivity contribution in [2.24, 2.45) is 0 Å². The molecule has 88 valence electrons. The Bertz CT molecular complexity index is 181. The fourth-order valence-electron chi connectivity index (χ4n) is 2.66. The third-order valence-corrected chi connectivity index (χ3v) is 9.22. The molecule has 0 aromatic rings. The van der Waals surface area contributed by atoms with Gasteiger partial charge in [0.25, 0.3) is 0 Å². The van der Waals surface area contributed by atoms with Gasteiger partial charge in [-0.3, -0.25) is 0 Å². The lowest BCUT2D eigenvalue weighted by Crippen LogP contribution is -2.31. The number of rotatable bonds is 7. The van der Waals surface area contributed by atoms with Crippen LogP contribution in [0.4, 0.5) is 0 Å². The Morgan fingerprint density at radius 3 is 2.27 bits per heavy atom. The van der Waals surface area contributed by atoms with Gasteiger partial charge in [-0.2, -0.15) is 0 Å². The quantitative estimate of drug-likeness (QED) is 0.597. The van der Waals surface area contributed by atoms with E-state index in [1.54, 1.807) is 0 Å². The van der Waals surface area contributed by atoms with Crippen molar-refractivity contribution in [2.45, 2.75) is 51.2 Å². The van der Waals surface area contributed by atoms with Crippen molar-refractivity contribution in [3.8, 4) is 0 Å². The van der Waals surface area contributed by atoms with E-state index in [0.29, 0.717) is 0 Å². The van der Waals surface area contributed by atoms with E-state index >= 15 is 0 Å². The minimum atomic E-state index is -1.05. The van der Waals surface area contributed by atoms with Crippen LogP contribution in [0.15, 0.2) is 12.3 Å². The van der Waals surface area contributed by atoms with Gasteiger partial charge in [0.05, 0.1) is 8.07 Å². The molecule has 0 aliphatic carbocycles. The summed E-state index contributed by atoms with van der Waals surface area (Å²) in [6.45, 7) is 12.8. The van der Waals surface area contributed by atoms with Gasteiger partial charge in [0, 0.05) is 0 Å². The molecule has 2 heteroatoms.